The highest BCUT2D eigenvalue weighted by Crippen LogP contribution is 2.22. The van der Waals surface area contributed by atoms with Crippen LogP contribution in [0.5, 0.6) is 5.75 Å². The fraction of sp³-hybridized carbons (Fsp3) is 0.652. The van der Waals surface area contributed by atoms with E-state index < -0.39 is 0 Å². The standard InChI is InChI=1S/C23H36N2O3/c1-3-5-6-9-16-24-23(27)20-12-10-17-25(18-20)22(26)15-14-19-11-7-8-13-21(19)28-4-2/h7-8,11,13,20H,3-6,9-10,12,14-18H2,1-2H3,(H,24,27). The third-order valence-corrected chi connectivity index (χ3v) is 5.36. The highest BCUT2D eigenvalue weighted by Gasteiger charge is 2.28. The Bertz CT molecular complexity index is 618. The maximum Gasteiger partial charge on any atom is 0.224 e. The predicted molar refractivity (Wildman–Crippen MR) is 112 cm³/mol. The molecule has 1 fully saturated rings. The Morgan fingerprint density at radius 3 is 2.79 bits per heavy atom. The van der Waals surface area contributed by atoms with Gasteiger partial charge in [0.2, 0.25) is 11.8 Å². The first-order chi connectivity index (χ1) is 13.7. The molecule has 1 atom stereocenters. The maximum atomic E-state index is 12.7. The topological polar surface area (TPSA) is 58.6 Å². The van der Waals surface area contributed by atoms with Crippen molar-refractivity contribution in [2.45, 2.75) is 65.2 Å². The number of rotatable bonds is 11. The van der Waals surface area contributed by atoms with E-state index >= 15 is 0 Å². The maximum absolute atomic E-state index is 12.7. The molecular formula is C23H36N2O3. The van der Waals surface area contributed by atoms with Crippen LogP contribution in [0.1, 0.15) is 64.4 Å². The van der Waals surface area contributed by atoms with E-state index in [-0.39, 0.29) is 17.7 Å². The lowest BCUT2D eigenvalue weighted by molar-refractivity contribution is -0.135. The number of carbonyl (C=O) groups is 2. The Kier molecular flexibility index (Phi) is 9.87. The summed E-state index contributed by atoms with van der Waals surface area (Å²) in [5.41, 5.74) is 1.07. The van der Waals surface area contributed by atoms with Crippen molar-refractivity contribution in [2.24, 2.45) is 5.92 Å². The van der Waals surface area contributed by atoms with Crippen LogP contribution < -0.4 is 10.1 Å². The van der Waals surface area contributed by atoms with Crippen LogP contribution in [0.2, 0.25) is 0 Å². The molecule has 0 aromatic heterocycles. The number of para-hydroxylation sites is 1. The molecule has 28 heavy (non-hydrogen) atoms. The average molecular weight is 389 g/mol. The average Bonchev–Trinajstić information content (AvgIpc) is 2.73. The number of aryl methyl sites for hydroxylation is 1. The van der Waals surface area contributed by atoms with E-state index in [0.29, 0.717) is 26.0 Å². The van der Waals surface area contributed by atoms with Gasteiger partial charge in [0.1, 0.15) is 5.75 Å². The molecule has 0 radical (unpaired) electrons. The lowest BCUT2D eigenvalue weighted by atomic mass is 9.96. The number of benzene rings is 1. The molecule has 1 aromatic rings. The zero-order valence-corrected chi connectivity index (χ0v) is 17.5. The van der Waals surface area contributed by atoms with Gasteiger partial charge in [0, 0.05) is 26.1 Å². The molecule has 156 valence electrons. The minimum Gasteiger partial charge on any atom is -0.494 e. The largest absolute Gasteiger partial charge is 0.494 e. The Labute approximate surface area is 169 Å². The quantitative estimate of drug-likeness (QED) is 0.584. The lowest BCUT2D eigenvalue weighted by Gasteiger charge is -2.32. The summed E-state index contributed by atoms with van der Waals surface area (Å²) < 4.78 is 5.65. The van der Waals surface area contributed by atoms with Gasteiger partial charge in [-0.2, -0.15) is 0 Å². The number of nitrogens with zero attached hydrogens (tertiary/aromatic N) is 1. The van der Waals surface area contributed by atoms with Crippen molar-refractivity contribution in [3.05, 3.63) is 29.8 Å². The van der Waals surface area contributed by atoms with Crippen molar-refractivity contribution in [1.29, 1.82) is 0 Å². The molecule has 2 amide bonds. The van der Waals surface area contributed by atoms with Gasteiger partial charge in [-0.05, 0) is 44.2 Å². The Balaban J connectivity index is 1.78. The molecule has 1 aliphatic rings. The predicted octanol–water partition coefficient (Wildman–Crippen LogP) is 3.95. The molecule has 1 aliphatic heterocycles. The van der Waals surface area contributed by atoms with Crippen LogP contribution in [0.15, 0.2) is 24.3 Å². The molecule has 5 nitrogen and oxygen atoms in total. The number of likely N-dealkylation sites (tertiary alicyclic amines) is 1. The number of carbonyl (C=O) groups excluding carboxylic acids is 2. The van der Waals surface area contributed by atoms with Crippen molar-refractivity contribution in [3.63, 3.8) is 0 Å². The van der Waals surface area contributed by atoms with Crippen LogP contribution in [-0.2, 0) is 16.0 Å². The normalized spacial score (nSPS) is 16.6. The van der Waals surface area contributed by atoms with Crippen molar-refractivity contribution >= 4 is 11.8 Å². The molecule has 5 heteroatoms. The van der Waals surface area contributed by atoms with Crippen molar-refractivity contribution in [1.82, 2.24) is 10.2 Å². The Morgan fingerprint density at radius 2 is 2.00 bits per heavy atom. The molecule has 0 saturated carbocycles. The third kappa shape index (κ3) is 7.17. The molecule has 1 saturated heterocycles. The minimum atomic E-state index is -0.0698. The summed E-state index contributed by atoms with van der Waals surface area (Å²) in [6.45, 7) is 6.81. The van der Waals surface area contributed by atoms with Crippen LogP contribution in [-0.4, -0.2) is 43.0 Å². The second kappa shape index (κ2) is 12.4. The van der Waals surface area contributed by atoms with Gasteiger partial charge in [0.25, 0.3) is 0 Å². The fourth-order valence-corrected chi connectivity index (χ4v) is 3.73. The first kappa shape index (κ1) is 22.3. The van der Waals surface area contributed by atoms with Crippen LogP contribution in [0.25, 0.3) is 0 Å². The van der Waals surface area contributed by atoms with Crippen LogP contribution >= 0.6 is 0 Å². The SMILES string of the molecule is CCCCCCNC(=O)C1CCCN(C(=O)CCc2ccccc2OCC)C1. The van der Waals surface area contributed by atoms with Gasteiger partial charge in [0.15, 0.2) is 0 Å². The molecule has 1 N–H and O–H groups in total. The summed E-state index contributed by atoms with van der Waals surface area (Å²) in [4.78, 5) is 27.0. The first-order valence-corrected chi connectivity index (χ1v) is 10.9. The van der Waals surface area contributed by atoms with Gasteiger partial charge in [-0.1, -0.05) is 44.4 Å². The summed E-state index contributed by atoms with van der Waals surface area (Å²) in [5.74, 6) is 1.03. The number of unbranched alkanes of at least 4 members (excludes halogenated alkanes) is 3. The second-order valence-electron chi connectivity index (χ2n) is 7.57. The molecule has 2 rings (SSSR count). The number of amides is 2. The number of ether oxygens (including phenoxy) is 1. The van der Waals surface area contributed by atoms with Crippen LogP contribution in [0.4, 0.5) is 0 Å². The fourth-order valence-electron chi connectivity index (χ4n) is 3.73. The summed E-state index contributed by atoms with van der Waals surface area (Å²) in [5, 5.41) is 3.06. The number of nitrogens with one attached hydrogen (secondary N) is 1. The lowest BCUT2D eigenvalue weighted by Crippen LogP contribution is -2.45. The molecule has 1 aromatic carbocycles. The van der Waals surface area contributed by atoms with E-state index in [2.05, 4.69) is 12.2 Å². The van der Waals surface area contributed by atoms with Gasteiger partial charge in [-0.3, -0.25) is 9.59 Å². The number of piperidine rings is 1. The smallest absolute Gasteiger partial charge is 0.224 e. The Hall–Kier alpha value is -2.04. The van der Waals surface area contributed by atoms with E-state index in [4.69, 9.17) is 4.74 Å². The molecule has 1 unspecified atom stereocenters. The second-order valence-corrected chi connectivity index (χ2v) is 7.57. The van der Waals surface area contributed by atoms with E-state index in [0.717, 1.165) is 50.1 Å². The van der Waals surface area contributed by atoms with Gasteiger partial charge in [-0.15, -0.1) is 0 Å². The van der Waals surface area contributed by atoms with E-state index in [9.17, 15) is 9.59 Å². The first-order valence-electron chi connectivity index (χ1n) is 10.9. The summed E-state index contributed by atoms with van der Waals surface area (Å²) in [6.07, 6.45) is 7.50. The van der Waals surface area contributed by atoms with Gasteiger partial charge >= 0.3 is 0 Å². The van der Waals surface area contributed by atoms with Gasteiger partial charge in [-0.25, -0.2) is 0 Å². The van der Waals surface area contributed by atoms with Crippen LogP contribution in [0, 0.1) is 5.92 Å². The zero-order valence-electron chi connectivity index (χ0n) is 17.5. The van der Waals surface area contributed by atoms with Crippen molar-refractivity contribution < 1.29 is 14.3 Å². The number of hydrogen-bond donors (Lipinski definition) is 1. The Morgan fingerprint density at radius 1 is 1.18 bits per heavy atom. The molecular weight excluding hydrogens is 352 g/mol. The van der Waals surface area contributed by atoms with E-state index in [1.165, 1.54) is 12.8 Å². The molecule has 1 heterocycles. The molecule has 0 bridgehead atoms. The molecule has 0 spiro atoms. The van der Waals surface area contributed by atoms with Crippen LogP contribution in [0.3, 0.4) is 0 Å². The third-order valence-electron chi connectivity index (χ3n) is 5.36. The van der Waals surface area contributed by atoms with E-state index in [1.54, 1.807) is 0 Å². The van der Waals surface area contributed by atoms with Gasteiger partial charge in [0.05, 0.1) is 12.5 Å². The summed E-state index contributed by atoms with van der Waals surface area (Å²) in [6, 6.07) is 7.89. The monoisotopic (exact) mass is 388 g/mol. The molecule has 0 aliphatic carbocycles. The highest BCUT2D eigenvalue weighted by molar-refractivity contribution is 5.81. The number of hydrogen-bond acceptors (Lipinski definition) is 3. The van der Waals surface area contributed by atoms with Crippen molar-refractivity contribution in [2.75, 3.05) is 26.2 Å². The van der Waals surface area contributed by atoms with Gasteiger partial charge < -0.3 is 15.0 Å². The highest BCUT2D eigenvalue weighted by atomic mass is 16.5. The minimum absolute atomic E-state index is 0.0698. The summed E-state index contributed by atoms with van der Waals surface area (Å²) in [7, 11) is 0. The zero-order chi connectivity index (χ0) is 20.2. The van der Waals surface area contributed by atoms with E-state index in [1.807, 2.05) is 36.1 Å². The van der Waals surface area contributed by atoms with Crippen molar-refractivity contribution in [3.8, 4) is 5.75 Å². The summed E-state index contributed by atoms with van der Waals surface area (Å²) >= 11 is 0.